The van der Waals surface area contributed by atoms with Gasteiger partial charge in [0.25, 0.3) is 0 Å². The lowest BCUT2D eigenvalue weighted by atomic mass is 9.89. The lowest BCUT2D eigenvalue weighted by Crippen LogP contribution is -2.37. The van der Waals surface area contributed by atoms with Crippen LogP contribution in [-0.2, 0) is 19.6 Å². The molecule has 2 atom stereocenters. The van der Waals surface area contributed by atoms with Crippen LogP contribution in [0.15, 0.2) is 71.3 Å². The number of nitrogens with two attached hydrogens (primary N) is 1. The number of benzene rings is 2. The molecule has 31 heavy (non-hydrogen) atoms. The van der Waals surface area contributed by atoms with E-state index in [-0.39, 0.29) is 17.9 Å². The molecule has 0 saturated heterocycles. The number of dihydropyridines is 1. The van der Waals surface area contributed by atoms with Gasteiger partial charge in [0, 0.05) is 25.3 Å². The number of aliphatic imine (C=N–C) groups is 1. The number of hydrogen-bond donors (Lipinski definition) is 2. The van der Waals surface area contributed by atoms with E-state index < -0.39 is 0 Å². The largest absolute Gasteiger partial charge is 0.341 e. The average Bonchev–Trinajstić information content (AvgIpc) is 3.21. The minimum Gasteiger partial charge on any atom is -0.341 e. The van der Waals surface area contributed by atoms with E-state index in [1.54, 1.807) is 12.1 Å². The van der Waals surface area contributed by atoms with Crippen LogP contribution in [0.1, 0.15) is 29.8 Å². The molecule has 0 amide bonds. The second kappa shape index (κ2) is 8.57. The third kappa shape index (κ3) is 4.22. The minimum absolute atomic E-state index is 0.214. The number of hydrogen-bond acceptors (Lipinski definition) is 4. The Bertz CT molecular complexity index is 1140. The van der Waals surface area contributed by atoms with E-state index in [0.29, 0.717) is 19.6 Å². The molecule has 0 saturated carbocycles. The van der Waals surface area contributed by atoms with Crippen molar-refractivity contribution in [3.8, 4) is 0 Å². The molecule has 6 heteroatoms. The van der Waals surface area contributed by atoms with E-state index in [1.165, 1.54) is 11.6 Å². The van der Waals surface area contributed by atoms with E-state index in [9.17, 15) is 4.39 Å². The fourth-order valence-electron chi connectivity index (χ4n) is 4.56. The van der Waals surface area contributed by atoms with Gasteiger partial charge >= 0.3 is 0 Å². The standard InChI is InChI=1S/C25H26FN5/c26-20-8-7-18(14-27)19(12-20)15-31(16-25-29-23-5-1-2-6-24(23)30-25)21-9-10-22-17(13-21)4-3-11-28-22/h1-8,11-13,21-22H,9-10,14-16,27H2,(H,29,30). The number of H-pyrrole nitrogens is 1. The number of fused-ring (bicyclic) bond motifs is 2. The number of aromatic amines is 1. The maximum Gasteiger partial charge on any atom is 0.123 e. The van der Waals surface area contributed by atoms with Gasteiger partial charge in [0.2, 0.25) is 0 Å². The van der Waals surface area contributed by atoms with Gasteiger partial charge in [0.05, 0.1) is 23.6 Å². The zero-order chi connectivity index (χ0) is 21.2. The summed E-state index contributed by atoms with van der Waals surface area (Å²) in [5.41, 5.74) is 11.1. The number of nitrogens with one attached hydrogen (secondary N) is 1. The second-order valence-corrected chi connectivity index (χ2v) is 8.21. The van der Waals surface area contributed by atoms with Gasteiger partial charge in [-0.15, -0.1) is 0 Å². The molecule has 2 unspecified atom stereocenters. The maximum absolute atomic E-state index is 14.0. The van der Waals surface area contributed by atoms with Crippen LogP contribution in [0.4, 0.5) is 4.39 Å². The SMILES string of the molecule is NCc1ccc(F)cc1CN(Cc1nc2ccccc2[nH]1)C1C=C2C=CC=NC2CC1. The Hall–Kier alpha value is -3.09. The number of nitrogens with zero attached hydrogens (tertiary/aromatic N) is 3. The predicted molar refractivity (Wildman–Crippen MR) is 122 cm³/mol. The molecule has 2 heterocycles. The molecule has 0 bridgehead atoms. The van der Waals surface area contributed by atoms with Crippen LogP contribution in [0.2, 0.25) is 0 Å². The summed E-state index contributed by atoms with van der Waals surface area (Å²) in [7, 11) is 0. The molecule has 0 fully saturated rings. The summed E-state index contributed by atoms with van der Waals surface area (Å²) in [6.45, 7) is 1.63. The van der Waals surface area contributed by atoms with Crippen molar-refractivity contribution >= 4 is 17.2 Å². The van der Waals surface area contributed by atoms with Crippen LogP contribution in [0.3, 0.4) is 0 Å². The normalized spacial score (nSPS) is 20.3. The van der Waals surface area contributed by atoms with Crippen LogP contribution in [0.5, 0.6) is 0 Å². The first kappa shape index (κ1) is 19.8. The molecule has 0 spiro atoms. The molecular weight excluding hydrogens is 389 g/mol. The lowest BCUT2D eigenvalue weighted by molar-refractivity contribution is 0.188. The fourth-order valence-corrected chi connectivity index (χ4v) is 4.56. The van der Waals surface area contributed by atoms with Gasteiger partial charge in [-0.1, -0.05) is 30.4 Å². The van der Waals surface area contributed by atoms with Crippen LogP contribution in [-0.4, -0.2) is 33.2 Å². The summed E-state index contributed by atoms with van der Waals surface area (Å²) in [4.78, 5) is 15.2. The predicted octanol–water partition coefficient (Wildman–Crippen LogP) is 4.26. The topological polar surface area (TPSA) is 70.3 Å². The van der Waals surface area contributed by atoms with Crippen molar-refractivity contribution in [1.82, 2.24) is 14.9 Å². The Morgan fingerprint density at radius 1 is 1.10 bits per heavy atom. The Morgan fingerprint density at radius 3 is 2.87 bits per heavy atom. The Labute approximate surface area is 181 Å². The highest BCUT2D eigenvalue weighted by Gasteiger charge is 2.27. The lowest BCUT2D eigenvalue weighted by Gasteiger charge is -2.35. The molecular formula is C25H26FN5. The van der Waals surface area contributed by atoms with Gasteiger partial charge < -0.3 is 10.7 Å². The summed E-state index contributed by atoms with van der Waals surface area (Å²) in [5, 5.41) is 0. The van der Waals surface area contributed by atoms with E-state index in [0.717, 1.165) is 40.8 Å². The number of rotatable bonds is 6. The maximum atomic E-state index is 14.0. The number of allylic oxidation sites excluding steroid dienone is 1. The van der Waals surface area contributed by atoms with Crippen molar-refractivity contribution in [2.45, 2.75) is 44.6 Å². The smallest absolute Gasteiger partial charge is 0.123 e. The molecule has 1 aromatic heterocycles. The van der Waals surface area contributed by atoms with E-state index in [4.69, 9.17) is 10.7 Å². The average molecular weight is 416 g/mol. The fraction of sp³-hybridized carbons (Fsp3) is 0.280. The Kier molecular flexibility index (Phi) is 5.49. The molecule has 1 aliphatic heterocycles. The quantitative estimate of drug-likeness (QED) is 0.632. The monoisotopic (exact) mass is 415 g/mol. The van der Waals surface area contributed by atoms with Crippen LogP contribution in [0, 0.1) is 5.82 Å². The summed E-state index contributed by atoms with van der Waals surface area (Å²) in [5.74, 6) is 0.673. The molecule has 158 valence electrons. The van der Waals surface area contributed by atoms with Gasteiger partial charge in [0.1, 0.15) is 11.6 Å². The second-order valence-electron chi connectivity index (χ2n) is 8.21. The van der Waals surface area contributed by atoms with Crippen LogP contribution >= 0.6 is 0 Å². The summed E-state index contributed by atoms with van der Waals surface area (Å²) in [6.07, 6.45) is 10.3. The summed E-state index contributed by atoms with van der Waals surface area (Å²) in [6, 6.07) is 13.4. The van der Waals surface area contributed by atoms with Gasteiger partial charge in [-0.2, -0.15) is 0 Å². The molecule has 3 aromatic rings. The first-order chi connectivity index (χ1) is 15.2. The van der Waals surface area contributed by atoms with Gasteiger partial charge in [0.15, 0.2) is 0 Å². The van der Waals surface area contributed by atoms with E-state index >= 15 is 0 Å². The van der Waals surface area contributed by atoms with Crippen molar-refractivity contribution < 1.29 is 4.39 Å². The highest BCUT2D eigenvalue weighted by atomic mass is 19.1. The van der Waals surface area contributed by atoms with Crippen LogP contribution < -0.4 is 5.73 Å². The van der Waals surface area contributed by atoms with E-state index in [2.05, 4.69) is 27.0 Å². The molecule has 5 nitrogen and oxygen atoms in total. The summed E-state index contributed by atoms with van der Waals surface area (Å²) >= 11 is 0. The third-order valence-electron chi connectivity index (χ3n) is 6.17. The van der Waals surface area contributed by atoms with Crippen molar-refractivity contribution in [2.75, 3.05) is 0 Å². The van der Waals surface area contributed by atoms with Crippen molar-refractivity contribution in [1.29, 1.82) is 0 Å². The summed E-state index contributed by atoms with van der Waals surface area (Å²) < 4.78 is 14.0. The minimum atomic E-state index is -0.234. The zero-order valence-corrected chi connectivity index (χ0v) is 17.3. The number of imidazole rings is 1. The molecule has 3 N–H and O–H groups in total. The van der Waals surface area contributed by atoms with Crippen molar-refractivity contribution in [3.05, 3.63) is 89.0 Å². The molecule has 2 aromatic carbocycles. The molecule has 2 aliphatic rings. The number of aromatic nitrogens is 2. The van der Waals surface area contributed by atoms with Gasteiger partial charge in [-0.05, 0) is 59.9 Å². The third-order valence-corrected chi connectivity index (χ3v) is 6.17. The zero-order valence-electron chi connectivity index (χ0n) is 17.3. The Balaban J connectivity index is 1.48. The van der Waals surface area contributed by atoms with E-state index in [1.807, 2.05) is 36.6 Å². The first-order valence-electron chi connectivity index (χ1n) is 10.8. The molecule has 0 radical (unpaired) electrons. The number of para-hydroxylation sites is 2. The van der Waals surface area contributed by atoms with Crippen molar-refractivity contribution in [2.24, 2.45) is 10.7 Å². The first-order valence-corrected chi connectivity index (χ1v) is 10.8. The highest BCUT2D eigenvalue weighted by Crippen LogP contribution is 2.29. The number of halogens is 1. The van der Waals surface area contributed by atoms with Crippen molar-refractivity contribution in [3.63, 3.8) is 0 Å². The van der Waals surface area contributed by atoms with Gasteiger partial charge in [-0.25, -0.2) is 9.37 Å². The van der Waals surface area contributed by atoms with Gasteiger partial charge in [-0.3, -0.25) is 9.89 Å². The Morgan fingerprint density at radius 2 is 2.00 bits per heavy atom. The highest BCUT2D eigenvalue weighted by molar-refractivity contribution is 5.75. The van der Waals surface area contributed by atoms with Crippen LogP contribution in [0.25, 0.3) is 11.0 Å². The molecule has 5 rings (SSSR count). The molecule has 1 aliphatic carbocycles.